The van der Waals surface area contributed by atoms with Crippen LogP contribution in [0.25, 0.3) is 0 Å². The molecule has 0 spiro atoms. The molecule has 4 aliphatic rings. The van der Waals surface area contributed by atoms with E-state index in [0.29, 0.717) is 30.6 Å². The lowest BCUT2D eigenvalue weighted by Gasteiger charge is -2.63. The number of allylic oxidation sites excluding steroid dienone is 4. The molecule has 0 aromatic carbocycles. The lowest BCUT2D eigenvalue weighted by atomic mass is 9.41. The summed E-state index contributed by atoms with van der Waals surface area (Å²) in [6, 6.07) is 0. The summed E-state index contributed by atoms with van der Waals surface area (Å²) in [4.78, 5) is 25.4. The maximum Gasteiger partial charge on any atom is 0.155 e. The van der Waals surface area contributed by atoms with E-state index in [1.54, 1.807) is 5.57 Å². The van der Waals surface area contributed by atoms with Crippen LogP contribution in [-0.2, 0) is 9.59 Å². The molecule has 0 radical (unpaired) electrons. The van der Waals surface area contributed by atoms with E-state index in [1.807, 2.05) is 26.8 Å². The van der Waals surface area contributed by atoms with E-state index in [1.165, 1.54) is 25.7 Å². The van der Waals surface area contributed by atoms with Gasteiger partial charge in [-0.25, -0.2) is 0 Å². The fourth-order valence-electron chi connectivity index (χ4n) is 9.34. The van der Waals surface area contributed by atoms with Gasteiger partial charge in [0.2, 0.25) is 0 Å². The van der Waals surface area contributed by atoms with E-state index in [-0.39, 0.29) is 40.3 Å². The van der Waals surface area contributed by atoms with Crippen molar-refractivity contribution in [1.82, 2.24) is 0 Å². The van der Waals surface area contributed by atoms with E-state index in [0.717, 1.165) is 18.4 Å². The zero-order valence-corrected chi connectivity index (χ0v) is 22.1. The van der Waals surface area contributed by atoms with Crippen LogP contribution in [0.5, 0.6) is 0 Å². The molecule has 4 rings (SSSR count). The maximum absolute atomic E-state index is 12.9. The van der Waals surface area contributed by atoms with E-state index in [4.69, 9.17) is 0 Å². The van der Waals surface area contributed by atoms with Crippen LogP contribution in [-0.4, -0.2) is 23.3 Å². The molecule has 3 saturated carbocycles. The van der Waals surface area contributed by atoms with E-state index in [2.05, 4.69) is 33.8 Å². The Morgan fingerprint density at radius 2 is 1.85 bits per heavy atom. The van der Waals surface area contributed by atoms with E-state index >= 15 is 0 Å². The Bertz CT molecular complexity index is 894. The standard InChI is InChI=1S/C30H46O3/c1-19(2)16-21(32)17-20(3)22-10-14-30(7)24-8-9-25-27(4,23(24)11-15-29(22,30)6)13-12-26(33)28(25,5)18-31/h8,16,20,22-23,25,31H,9-15,17-18H2,1-7H3. The molecular formula is C30H46O3. The van der Waals surface area contributed by atoms with Crippen molar-refractivity contribution in [1.29, 1.82) is 0 Å². The van der Waals surface area contributed by atoms with Crippen molar-refractivity contribution in [2.45, 2.75) is 99.8 Å². The Labute approximate surface area is 201 Å². The van der Waals surface area contributed by atoms with Gasteiger partial charge in [0.05, 0.1) is 12.0 Å². The molecule has 0 saturated heterocycles. The highest BCUT2D eigenvalue weighted by Gasteiger charge is 2.65. The Morgan fingerprint density at radius 3 is 2.48 bits per heavy atom. The Hall–Kier alpha value is -1.22. The number of aliphatic hydroxyl groups excluding tert-OH is 1. The number of rotatable bonds is 5. The zero-order valence-electron chi connectivity index (χ0n) is 22.1. The van der Waals surface area contributed by atoms with E-state index < -0.39 is 5.41 Å². The number of Topliss-reactive ketones (excluding diaryl/α,β-unsaturated/α-hetero) is 1. The summed E-state index contributed by atoms with van der Waals surface area (Å²) < 4.78 is 0. The number of carbonyl (C=O) groups is 2. The van der Waals surface area contributed by atoms with Crippen LogP contribution < -0.4 is 0 Å². The average Bonchev–Trinajstić information content (AvgIpc) is 3.02. The van der Waals surface area contributed by atoms with Gasteiger partial charge in [0, 0.05) is 12.8 Å². The second kappa shape index (κ2) is 8.18. The molecule has 0 aliphatic heterocycles. The third-order valence-corrected chi connectivity index (χ3v) is 11.4. The largest absolute Gasteiger partial charge is 0.395 e. The number of ketones is 2. The molecule has 3 heteroatoms. The number of hydrogen-bond donors (Lipinski definition) is 1. The van der Waals surface area contributed by atoms with Crippen LogP contribution >= 0.6 is 0 Å². The summed E-state index contributed by atoms with van der Waals surface area (Å²) in [5.41, 5.74) is 2.60. The molecule has 0 heterocycles. The van der Waals surface area contributed by atoms with Gasteiger partial charge in [-0.3, -0.25) is 9.59 Å². The van der Waals surface area contributed by atoms with Gasteiger partial charge in [-0.15, -0.1) is 0 Å². The van der Waals surface area contributed by atoms with Crippen LogP contribution in [0.15, 0.2) is 23.3 Å². The highest BCUT2D eigenvalue weighted by atomic mass is 16.3. The maximum atomic E-state index is 12.9. The molecule has 0 aromatic heterocycles. The monoisotopic (exact) mass is 454 g/mol. The number of aliphatic hydroxyl groups is 1. The number of carbonyl (C=O) groups excluding carboxylic acids is 2. The molecule has 3 nitrogen and oxygen atoms in total. The summed E-state index contributed by atoms with van der Waals surface area (Å²) in [7, 11) is 0. The minimum atomic E-state index is -0.602. The third kappa shape index (κ3) is 3.46. The van der Waals surface area contributed by atoms with Gasteiger partial charge in [-0.05, 0) is 98.4 Å². The summed E-state index contributed by atoms with van der Waals surface area (Å²) in [5.74, 6) is 2.24. The van der Waals surface area contributed by atoms with Gasteiger partial charge in [0.1, 0.15) is 5.78 Å². The van der Waals surface area contributed by atoms with Gasteiger partial charge in [0.15, 0.2) is 5.78 Å². The van der Waals surface area contributed by atoms with Crippen LogP contribution in [0.4, 0.5) is 0 Å². The highest BCUT2D eigenvalue weighted by Crippen LogP contribution is 2.73. The van der Waals surface area contributed by atoms with Crippen molar-refractivity contribution in [3.05, 3.63) is 23.3 Å². The molecule has 1 N–H and O–H groups in total. The fourth-order valence-corrected chi connectivity index (χ4v) is 9.34. The minimum absolute atomic E-state index is 0.0315. The van der Waals surface area contributed by atoms with Gasteiger partial charge >= 0.3 is 0 Å². The predicted octanol–water partition coefficient (Wildman–Crippen LogP) is 6.69. The first kappa shape index (κ1) is 24.9. The summed E-state index contributed by atoms with van der Waals surface area (Å²) in [5, 5.41) is 10.3. The second-order valence-electron chi connectivity index (χ2n) is 13.3. The van der Waals surface area contributed by atoms with Crippen molar-refractivity contribution in [2.75, 3.05) is 6.61 Å². The first-order chi connectivity index (χ1) is 15.3. The molecule has 184 valence electrons. The Morgan fingerprint density at radius 1 is 1.15 bits per heavy atom. The summed E-state index contributed by atoms with van der Waals surface area (Å²) >= 11 is 0. The van der Waals surface area contributed by atoms with Crippen molar-refractivity contribution in [2.24, 2.45) is 45.3 Å². The minimum Gasteiger partial charge on any atom is -0.395 e. The van der Waals surface area contributed by atoms with Crippen LogP contribution in [0.1, 0.15) is 99.8 Å². The Kier molecular flexibility index (Phi) is 6.17. The van der Waals surface area contributed by atoms with Crippen molar-refractivity contribution >= 4 is 11.6 Å². The van der Waals surface area contributed by atoms with Gasteiger partial charge in [0.25, 0.3) is 0 Å². The normalized spacial score (nSPS) is 45.4. The SMILES string of the molecule is CC(C)=CC(=O)CC(C)C1CCC2(C)C3=CCC4C(C)(CO)C(=O)CCC4(C)C3CCC12C. The van der Waals surface area contributed by atoms with Crippen molar-refractivity contribution < 1.29 is 14.7 Å². The van der Waals surface area contributed by atoms with Gasteiger partial charge in [-0.2, -0.15) is 0 Å². The molecule has 0 bridgehead atoms. The second-order valence-corrected chi connectivity index (χ2v) is 13.3. The van der Waals surface area contributed by atoms with Crippen molar-refractivity contribution in [3.8, 4) is 0 Å². The van der Waals surface area contributed by atoms with Crippen LogP contribution in [0.2, 0.25) is 0 Å². The topological polar surface area (TPSA) is 54.4 Å². The molecule has 0 amide bonds. The van der Waals surface area contributed by atoms with Gasteiger partial charge < -0.3 is 5.11 Å². The van der Waals surface area contributed by atoms with E-state index in [9.17, 15) is 14.7 Å². The lowest BCUT2D eigenvalue weighted by Crippen LogP contribution is -2.58. The zero-order chi connectivity index (χ0) is 24.4. The number of hydrogen-bond acceptors (Lipinski definition) is 3. The molecule has 3 fully saturated rings. The average molecular weight is 455 g/mol. The van der Waals surface area contributed by atoms with Crippen LogP contribution in [0, 0.1) is 45.3 Å². The third-order valence-electron chi connectivity index (χ3n) is 11.4. The summed E-state index contributed by atoms with van der Waals surface area (Å²) in [6.45, 7) is 15.7. The molecule has 4 aliphatic carbocycles. The predicted molar refractivity (Wildman–Crippen MR) is 134 cm³/mol. The molecule has 33 heavy (non-hydrogen) atoms. The number of fused-ring (bicyclic) bond motifs is 5. The first-order valence-corrected chi connectivity index (χ1v) is 13.4. The molecule has 0 aromatic rings. The first-order valence-electron chi connectivity index (χ1n) is 13.4. The fraction of sp³-hybridized carbons (Fsp3) is 0.800. The Balaban J connectivity index is 1.65. The quantitative estimate of drug-likeness (QED) is 0.372. The highest BCUT2D eigenvalue weighted by molar-refractivity contribution is 5.90. The lowest BCUT2D eigenvalue weighted by molar-refractivity contribution is -0.153. The smallest absolute Gasteiger partial charge is 0.155 e. The molecular weight excluding hydrogens is 408 g/mol. The van der Waals surface area contributed by atoms with Gasteiger partial charge in [-0.1, -0.05) is 51.8 Å². The summed E-state index contributed by atoms with van der Waals surface area (Å²) in [6.07, 6.45) is 12.2. The molecule has 8 unspecified atom stereocenters. The van der Waals surface area contributed by atoms with Crippen LogP contribution in [0.3, 0.4) is 0 Å². The van der Waals surface area contributed by atoms with Crippen molar-refractivity contribution in [3.63, 3.8) is 0 Å². The molecule has 8 atom stereocenters.